The minimum Gasteiger partial charge on any atom is -0.308 e. The van der Waals surface area contributed by atoms with Gasteiger partial charge in [0.1, 0.15) is 22.5 Å². The highest BCUT2D eigenvalue weighted by atomic mass is 32.2. The van der Waals surface area contributed by atoms with Gasteiger partial charge in [0.15, 0.2) is 0 Å². The summed E-state index contributed by atoms with van der Waals surface area (Å²) >= 11 is 1.25. The summed E-state index contributed by atoms with van der Waals surface area (Å²) in [5, 5.41) is 0.667. The molecule has 1 aromatic carbocycles. The van der Waals surface area contributed by atoms with Crippen LogP contribution < -0.4 is 11.3 Å². The van der Waals surface area contributed by atoms with E-state index in [1.165, 1.54) is 17.8 Å². The Morgan fingerprint density at radius 1 is 1.33 bits per heavy atom. The highest BCUT2D eigenvalue weighted by molar-refractivity contribution is 7.99. The SMILES string of the molecule is CCc1nc(NN)cc(Sc2ccccc2F)n1. The first-order chi connectivity index (χ1) is 8.72. The molecule has 94 valence electrons. The number of hydrogen-bond acceptors (Lipinski definition) is 5. The Hall–Kier alpha value is -1.66. The summed E-state index contributed by atoms with van der Waals surface area (Å²) in [7, 11) is 0. The van der Waals surface area contributed by atoms with Gasteiger partial charge in [-0.3, -0.25) is 0 Å². The number of nitrogens with two attached hydrogens (primary N) is 1. The van der Waals surface area contributed by atoms with Gasteiger partial charge < -0.3 is 5.43 Å². The molecule has 0 saturated heterocycles. The minimum atomic E-state index is -0.263. The fourth-order valence-corrected chi connectivity index (χ4v) is 2.26. The molecule has 18 heavy (non-hydrogen) atoms. The van der Waals surface area contributed by atoms with Crippen LogP contribution in [0.1, 0.15) is 12.7 Å². The van der Waals surface area contributed by atoms with E-state index < -0.39 is 0 Å². The first kappa shape index (κ1) is 12.8. The monoisotopic (exact) mass is 264 g/mol. The van der Waals surface area contributed by atoms with Crippen LogP contribution in [0.3, 0.4) is 0 Å². The van der Waals surface area contributed by atoms with E-state index in [0.29, 0.717) is 28.0 Å². The fraction of sp³-hybridized carbons (Fsp3) is 0.167. The summed E-state index contributed by atoms with van der Waals surface area (Å²) < 4.78 is 13.5. The Kier molecular flexibility index (Phi) is 4.11. The Morgan fingerprint density at radius 2 is 2.11 bits per heavy atom. The van der Waals surface area contributed by atoms with E-state index >= 15 is 0 Å². The van der Waals surface area contributed by atoms with Crippen molar-refractivity contribution in [1.82, 2.24) is 9.97 Å². The van der Waals surface area contributed by atoms with Gasteiger partial charge in [0.2, 0.25) is 0 Å². The molecule has 0 aliphatic heterocycles. The molecule has 0 saturated carbocycles. The quantitative estimate of drug-likeness (QED) is 0.505. The molecule has 0 bridgehead atoms. The molecule has 2 aromatic rings. The Balaban J connectivity index is 2.31. The molecular formula is C12H13FN4S. The first-order valence-electron chi connectivity index (χ1n) is 5.50. The van der Waals surface area contributed by atoms with Crippen molar-refractivity contribution in [3.05, 3.63) is 42.0 Å². The third kappa shape index (κ3) is 2.96. The second-order valence-electron chi connectivity index (χ2n) is 3.54. The fourth-order valence-electron chi connectivity index (χ4n) is 1.40. The second kappa shape index (κ2) is 5.79. The van der Waals surface area contributed by atoms with Gasteiger partial charge in [0, 0.05) is 17.4 Å². The molecule has 0 aliphatic rings. The van der Waals surface area contributed by atoms with Crippen molar-refractivity contribution in [1.29, 1.82) is 0 Å². The van der Waals surface area contributed by atoms with Crippen LogP contribution in [0.15, 0.2) is 40.3 Å². The number of aryl methyl sites for hydroxylation is 1. The number of benzene rings is 1. The molecule has 2 rings (SSSR count). The molecular weight excluding hydrogens is 251 g/mol. The lowest BCUT2D eigenvalue weighted by molar-refractivity contribution is 0.602. The third-order valence-electron chi connectivity index (χ3n) is 2.26. The largest absolute Gasteiger partial charge is 0.308 e. The maximum Gasteiger partial charge on any atom is 0.144 e. The van der Waals surface area contributed by atoms with Crippen LogP contribution in [0.2, 0.25) is 0 Å². The Bertz CT molecular complexity index is 525. The van der Waals surface area contributed by atoms with E-state index in [1.54, 1.807) is 24.3 Å². The Morgan fingerprint density at radius 3 is 2.78 bits per heavy atom. The van der Waals surface area contributed by atoms with Gasteiger partial charge in [-0.15, -0.1) is 0 Å². The number of rotatable bonds is 4. The van der Waals surface area contributed by atoms with Gasteiger partial charge in [-0.25, -0.2) is 20.2 Å². The zero-order valence-corrected chi connectivity index (χ0v) is 10.7. The molecule has 0 atom stereocenters. The van der Waals surface area contributed by atoms with Crippen molar-refractivity contribution < 1.29 is 4.39 Å². The standard InChI is InChI=1S/C12H13FN4S/c1-2-10-15-11(17-14)7-12(16-10)18-9-6-4-3-5-8(9)13/h3-7H,2,14H2,1H3,(H,15,16,17). The minimum absolute atomic E-state index is 0.263. The van der Waals surface area contributed by atoms with Crippen LogP contribution in [0, 0.1) is 5.82 Å². The first-order valence-corrected chi connectivity index (χ1v) is 6.31. The van der Waals surface area contributed by atoms with Gasteiger partial charge in [-0.2, -0.15) is 0 Å². The van der Waals surface area contributed by atoms with E-state index in [0.717, 1.165) is 0 Å². The van der Waals surface area contributed by atoms with Crippen molar-refractivity contribution in [2.45, 2.75) is 23.3 Å². The summed E-state index contributed by atoms with van der Waals surface area (Å²) in [6, 6.07) is 8.27. The van der Waals surface area contributed by atoms with Crippen molar-refractivity contribution in [2.24, 2.45) is 5.84 Å². The van der Waals surface area contributed by atoms with Gasteiger partial charge in [0.05, 0.1) is 0 Å². The van der Waals surface area contributed by atoms with Crippen LogP contribution in [0.25, 0.3) is 0 Å². The topological polar surface area (TPSA) is 63.8 Å². The predicted molar refractivity (Wildman–Crippen MR) is 69.7 cm³/mol. The maximum atomic E-state index is 13.5. The highest BCUT2D eigenvalue weighted by Crippen LogP contribution is 2.29. The number of nitrogens with zero attached hydrogens (tertiary/aromatic N) is 2. The Labute approximate surface area is 109 Å². The smallest absolute Gasteiger partial charge is 0.144 e. The number of aromatic nitrogens is 2. The summed E-state index contributed by atoms with van der Waals surface area (Å²) in [4.78, 5) is 9.03. The van der Waals surface area contributed by atoms with Crippen LogP contribution in [0.4, 0.5) is 10.2 Å². The van der Waals surface area contributed by atoms with Crippen molar-refractivity contribution >= 4 is 17.6 Å². The number of nitrogen functional groups attached to an aromatic ring is 1. The zero-order chi connectivity index (χ0) is 13.0. The molecule has 6 heteroatoms. The summed E-state index contributed by atoms with van der Waals surface area (Å²) in [5.74, 6) is 6.28. The molecule has 0 aliphatic carbocycles. The molecule has 0 amide bonds. The lowest BCUT2D eigenvalue weighted by Crippen LogP contribution is -2.10. The van der Waals surface area contributed by atoms with E-state index in [2.05, 4.69) is 15.4 Å². The number of anilines is 1. The number of hydrogen-bond donors (Lipinski definition) is 2. The van der Waals surface area contributed by atoms with Crippen molar-refractivity contribution in [3.8, 4) is 0 Å². The lowest BCUT2D eigenvalue weighted by atomic mass is 10.3. The summed E-state index contributed by atoms with van der Waals surface area (Å²) in [6.07, 6.45) is 0.695. The molecule has 1 heterocycles. The summed E-state index contributed by atoms with van der Waals surface area (Å²) in [6.45, 7) is 1.95. The van der Waals surface area contributed by atoms with Crippen LogP contribution in [-0.4, -0.2) is 9.97 Å². The lowest BCUT2D eigenvalue weighted by Gasteiger charge is -2.06. The van der Waals surface area contributed by atoms with Crippen LogP contribution in [0.5, 0.6) is 0 Å². The van der Waals surface area contributed by atoms with Crippen LogP contribution >= 0.6 is 11.8 Å². The van der Waals surface area contributed by atoms with E-state index in [4.69, 9.17) is 5.84 Å². The molecule has 3 N–H and O–H groups in total. The number of hydrazine groups is 1. The number of nitrogens with one attached hydrogen (secondary N) is 1. The molecule has 0 unspecified atom stereocenters. The van der Waals surface area contributed by atoms with E-state index in [-0.39, 0.29) is 5.82 Å². The molecule has 0 spiro atoms. The van der Waals surface area contributed by atoms with Gasteiger partial charge in [0.25, 0.3) is 0 Å². The maximum absolute atomic E-state index is 13.5. The second-order valence-corrected chi connectivity index (χ2v) is 4.60. The van der Waals surface area contributed by atoms with Gasteiger partial charge in [-0.05, 0) is 12.1 Å². The van der Waals surface area contributed by atoms with Crippen molar-refractivity contribution in [3.63, 3.8) is 0 Å². The van der Waals surface area contributed by atoms with Crippen molar-refractivity contribution in [2.75, 3.05) is 5.43 Å². The van der Waals surface area contributed by atoms with E-state index in [9.17, 15) is 4.39 Å². The average Bonchev–Trinajstić information content (AvgIpc) is 2.41. The van der Waals surface area contributed by atoms with Gasteiger partial charge >= 0.3 is 0 Å². The summed E-state index contributed by atoms with van der Waals surface area (Å²) in [5.41, 5.74) is 2.48. The zero-order valence-electron chi connectivity index (χ0n) is 9.85. The van der Waals surface area contributed by atoms with E-state index in [1.807, 2.05) is 6.92 Å². The van der Waals surface area contributed by atoms with Gasteiger partial charge in [-0.1, -0.05) is 30.8 Å². The predicted octanol–water partition coefficient (Wildman–Crippen LogP) is 2.61. The average molecular weight is 264 g/mol. The molecule has 4 nitrogen and oxygen atoms in total. The third-order valence-corrected chi connectivity index (χ3v) is 3.23. The van der Waals surface area contributed by atoms with Crippen LogP contribution in [-0.2, 0) is 6.42 Å². The molecule has 1 aromatic heterocycles. The molecule has 0 fully saturated rings. The highest BCUT2D eigenvalue weighted by Gasteiger charge is 2.07. The normalized spacial score (nSPS) is 10.4. The number of halogens is 1. The molecule has 0 radical (unpaired) electrons.